The monoisotopic (exact) mass is 546 g/mol. The number of hydrogen-bond donors (Lipinski definition) is 3. The lowest BCUT2D eigenvalue weighted by Gasteiger charge is -2.29. The van der Waals surface area contributed by atoms with Crippen molar-refractivity contribution in [3.8, 4) is 11.5 Å². The molecule has 10 nitrogen and oxygen atoms in total. The van der Waals surface area contributed by atoms with E-state index in [0.717, 1.165) is 31.7 Å². The highest BCUT2D eigenvalue weighted by molar-refractivity contribution is 7.89. The fraction of sp³-hybridized carbons (Fsp3) is 0.360. The summed E-state index contributed by atoms with van der Waals surface area (Å²) in [7, 11) is -0.225. The van der Waals surface area contributed by atoms with Crippen LogP contribution in [0, 0.1) is 0 Å². The van der Waals surface area contributed by atoms with Crippen LogP contribution in [-0.4, -0.2) is 63.2 Å². The average Bonchev–Trinajstić information content (AvgIpc) is 2.89. The Morgan fingerprint density at radius 2 is 1.86 bits per heavy atom. The predicted molar refractivity (Wildman–Crippen MR) is 145 cm³/mol. The van der Waals surface area contributed by atoms with Crippen molar-refractivity contribution in [1.82, 2.24) is 19.6 Å². The van der Waals surface area contributed by atoms with E-state index in [1.54, 1.807) is 18.2 Å². The smallest absolute Gasteiger partial charge is 0.242 e. The lowest BCUT2D eigenvalue weighted by atomic mass is 10.1. The second-order valence-electron chi connectivity index (χ2n) is 8.56. The van der Waals surface area contributed by atoms with Crippen molar-refractivity contribution in [2.75, 3.05) is 44.4 Å². The van der Waals surface area contributed by atoms with Crippen LogP contribution in [0.4, 0.5) is 23.1 Å². The zero-order chi connectivity index (χ0) is 26.4. The zero-order valence-electron chi connectivity index (χ0n) is 21.0. The van der Waals surface area contributed by atoms with Gasteiger partial charge in [0.2, 0.25) is 16.0 Å². The summed E-state index contributed by atoms with van der Waals surface area (Å²) in [5, 5.41) is 6.40. The molecule has 0 saturated carbocycles. The molecule has 0 spiro atoms. The number of likely N-dealkylation sites (tertiary alicyclic amines) is 1. The Morgan fingerprint density at radius 1 is 1.11 bits per heavy atom. The van der Waals surface area contributed by atoms with E-state index >= 15 is 0 Å². The number of halogens is 1. The number of nitrogens with zero attached hydrogens (tertiary/aromatic N) is 3. The maximum atomic E-state index is 12.4. The van der Waals surface area contributed by atoms with E-state index in [9.17, 15) is 8.42 Å². The van der Waals surface area contributed by atoms with Gasteiger partial charge in [-0.3, -0.25) is 0 Å². The normalized spacial score (nSPS) is 14.8. The number of para-hydroxylation sites is 1. The number of benzene rings is 2. The Hall–Kier alpha value is -3.12. The van der Waals surface area contributed by atoms with E-state index in [-0.39, 0.29) is 27.8 Å². The van der Waals surface area contributed by atoms with Gasteiger partial charge in [0.05, 0.1) is 24.2 Å². The maximum absolute atomic E-state index is 12.4. The van der Waals surface area contributed by atoms with Crippen LogP contribution in [0.25, 0.3) is 0 Å². The Bertz CT molecular complexity index is 1330. The van der Waals surface area contributed by atoms with Gasteiger partial charge in [-0.15, -0.1) is 0 Å². The van der Waals surface area contributed by atoms with Crippen LogP contribution in [0.3, 0.4) is 0 Å². The van der Waals surface area contributed by atoms with Gasteiger partial charge in [0.1, 0.15) is 27.5 Å². The Labute approximate surface area is 222 Å². The molecule has 37 heavy (non-hydrogen) atoms. The van der Waals surface area contributed by atoms with Crippen molar-refractivity contribution >= 4 is 44.8 Å². The number of piperidine rings is 1. The van der Waals surface area contributed by atoms with Gasteiger partial charge in [0.25, 0.3) is 0 Å². The summed E-state index contributed by atoms with van der Waals surface area (Å²) in [5.41, 5.74) is 0.984. The van der Waals surface area contributed by atoms with Crippen molar-refractivity contribution in [3.05, 3.63) is 53.7 Å². The molecule has 1 aliphatic rings. The standard InChI is InChI=1S/C25H31ClN6O4S/c1-4-35-22-15-18(36-17-11-13-32(3)14-12-17)9-10-20(22)30-25-28-16-19(26)24(31-25)29-21-7-5-6-8-23(21)37(33,34)27-2/h5-10,15-17,27H,4,11-14H2,1-3H3,(H2,28,29,30,31). The van der Waals surface area contributed by atoms with Gasteiger partial charge >= 0.3 is 0 Å². The van der Waals surface area contributed by atoms with E-state index in [0.29, 0.717) is 23.7 Å². The molecule has 3 N–H and O–H groups in total. The summed E-state index contributed by atoms with van der Waals surface area (Å²) >= 11 is 6.33. The highest BCUT2D eigenvalue weighted by Crippen LogP contribution is 2.34. The van der Waals surface area contributed by atoms with E-state index in [4.69, 9.17) is 21.1 Å². The lowest BCUT2D eigenvalue weighted by molar-refractivity contribution is 0.114. The molecule has 12 heteroatoms. The first-order chi connectivity index (χ1) is 17.8. The fourth-order valence-electron chi connectivity index (χ4n) is 3.93. The van der Waals surface area contributed by atoms with Crippen LogP contribution in [0.1, 0.15) is 19.8 Å². The first-order valence-corrected chi connectivity index (χ1v) is 13.9. The molecule has 1 aromatic heterocycles. The van der Waals surface area contributed by atoms with Crippen LogP contribution in [-0.2, 0) is 10.0 Å². The van der Waals surface area contributed by atoms with Gasteiger partial charge in [-0.05, 0) is 58.1 Å². The molecular weight excluding hydrogens is 516 g/mol. The SMILES string of the molecule is CCOc1cc(OC2CCN(C)CC2)ccc1Nc1ncc(Cl)c(Nc2ccccc2S(=O)(=O)NC)n1. The van der Waals surface area contributed by atoms with Gasteiger partial charge in [0.15, 0.2) is 5.82 Å². The molecule has 198 valence electrons. The third-order valence-electron chi connectivity index (χ3n) is 5.91. The Kier molecular flexibility index (Phi) is 8.70. The molecule has 0 atom stereocenters. The molecule has 0 aliphatic carbocycles. The number of aromatic nitrogens is 2. The number of sulfonamides is 1. The van der Waals surface area contributed by atoms with Crippen LogP contribution < -0.4 is 24.8 Å². The first kappa shape index (κ1) is 26.9. The Morgan fingerprint density at radius 3 is 2.59 bits per heavy atom. The molecule has 1 saturated heterocycles. The summed E-state index contributed by atoms with van der Waals surface area (Å²) < 4.78 is 39.2. The van der Waals surface area contributed by atoms with Gasteiger partial charge in [-0.2, -0.15) is 4.98 Å². The van der Waals surface area contributed by atoms with Crippen LogP contribution in [0.2, 0.25) is 5.02 Å². The van der Waals surface area contributed by atoms with Gasteiger partial charge < -0.3 is 25.0 Å². The van der Waals surface area contributed by atoms with Crippen LogP contribution in [0.5, 0.6) is 11.5 Å². The van der Waals surface area contributed by atoms with Crippen molar-refractivity contribution < 1.29 is 17.9 Å². The van der Waals surface area contributed by atoms with E-state index in [1.807, 2.05) is 25.1 Å². The average molecular weight is 547 g/mol. The molecule has 0 bridgehead atoms. The predicted octanol–water partition coefficient (Wildman–Crippen LogP) is 4.40. The molecule has 1 aliphatic heterocycles. The molecule has 0 amide bonds. The number of nitrogens with one attached hydrogen (secondary N) is 3. The van der Waals surface area contributed by atoms with E-state index < -0.39 is 10.0 Å². The minimum Gasteiger partial charge on any atom is -0.492 e. The fourth-order valence-corrected chi connectivity index (χ4v) is 4.95. The maximum Gasteiger partial charge on any atom is 0.242 e. The second-order valence-corrected chi connectivity index (χ2v) is 10.8. The van der Waals surface area contributed by atoms with E-state index in [1.165, 1.54) is 19.3 Å². The summed E-state index contributed by atoms with van der Waals surface area (Å²) in [6, 6.07) is 12.1. The first-order valence-electron chi connectivity index (χ1n) is 12.0. The lowest BCUT2D eigenvalue weighted by Crippen LogP contribution is -2.35. The van der Waals surface area contributed by atoms with Crippen LogP contribution >= 0.6 is 11.6 Å². The molecule has 1 fully saturated rings. The highest BCUT2D eigenvalue weighted by Gasteiger charge is 2.20. The summed E-state index contributed by atoms with van der Waals surface area (Å²) in [6.07, 6.45) is 3.57. The van der Waals surface area contributed by atoms with Gasteiger partial charge in [-0.1, -0.05) is 23.7 Å². The Balaban J connectivity index is 1.55. The zero-order valence-corrected chi connectivity index (χ0v) is 22.6. The van der Waals surface area contributed by atoms with Crippen molar-refractivity contribution in [3.63, 3.8) is 0 Å². The number of rotatable bonds is 10. The van der Waals surface area contributed by atoms with Crippen molar-refractivity contribution in [1.29, 1.82) is 0 Å². The number of anilines is 4. The number of hydrogen-bond acceptors (Lipinski definition) is 9. The minimum atomic E-state index is -3.70. The van der Waals surface area contributed by atoms with Gasteiger partial charge in [0, 0.05) is 19.2 Å². The molecule has 4 rings (SSSR count). The highest BCUT2D eigenvalue weighted by atomic mass is 35.5. The summed E-state index contributed by atoms with van der Waals surface area (Å²) in [4.78, 5) is 11.1. The molecule has 2 heterocycles. The minimum absolute atomic E-state index is 0.0699. The number of ether oxygens (including phenoxy) is 2. The molecule has 0 radical (unpaired) electrons. The topological polar surface area (TPSA) is 118 Å². The summed E-state index contributed by atoms with van der Waals surface area (Å²) in [5.74, 6) is 1.85. The molecule has 2 aromatic carbocycles. The quantitative estimate of drug-likeness (QED) is 0.340. The third kappa shape index (κ3) is 6.80. The van der Waals surface area contributed by atoms with Crippen molar-refractivity contribution in [2.45, 2.75) is 30.8 Å². The van der Waals surface area contributed by atoms with E-state index in [2.05, 4.69) is 37.3 Å². The second kappa shape index (κ2) is 12.0. The largest absolute Gasteiger partial charge is 0.492 e. The van der Waals surface area contributed by atoms with Gasteiger partial charge in [-0.25, -0.2) is 18.1 Å². The van der Waals surface area contributed by atoms with Crippen LogP contribution in [0.15, 0.2) is 53.6 Å². The molecule has 0 unspecified atom stereocenters. The summed E-state index contributed by atoms with van der Waals surface area (Å²) in [6.45, 7) is 4.40. The third-order valence-corrected chi connectivity index (χ3v) is 7.66. The molecular formula is C25H31ClN6O4S. The molecule has 3 aromatic rings. The van der Waals surface area contributed by atoms with Crippen molar-refractivity contribution in [2.24, 2.45) is 0 Å².